The molecule has 0 aromatic heterocycles. The van der Waals surface area contributed by atoms with Crippen molar-refractivity contribution in [1.82, 2.24) is 0 Å². The average Bonchev–Trinajstić information content (AvgIpc) is 2.95. The molecular weight excluding hydrogens is 568 g/mol. The highest BCUT2D eigenvalue weighted by Gasteiger charge is 2.46. The number of ether oxygens (including phenoxy) is 3. The standard InChI is InChI=1S/C38H54O7/c1-21-13-25-7-5-23(3)31(11-9-29-17-27(39)19-35(41)43-29)37(25)33(15-21)45-34-16-22(2)14-26-8-6-24(4)32(38(26)34)12-10-30-18-28(40)20-36(42)44-30/h5-8,13-14,21-24,27-34,37-40H,9-12,15-20H2,1-4H3. The van der Waals surface area contributed by atoms with Crippen molar-refractivity contribution in [2.45, 2.75) is 129 Å². The largest absolute Gasteiger partial charge is 0.462 e. The van der Waals surface area contributed by atoms with E-state index in [1.165, 1.54) is 11.1 Å². The summed E-state index contributed by atoms with van der Waals surface area (Å²) >= 11 is 0. The maximum Gasteiger partial charge on any atom is 0.308 e. The van der Waals surface area contributed by atoms with E-state index in [0.29, 0.717) is 48.3 Å². The lowest BCUT2D eigenvalue weighted by molar-refractivity contribution is -0.161. The smallest absolute Gasteiger partial charge is 0.308 e. The van der Waals surface area contributed by atoms with Gasteiger partial charge in [0.2, 0.25) is 0 Å². The number of carbonyl (C=O) groups is 2. The first-order valence-corrected chi connectivity index (χ1v) is 17.7. The third kappa shape index (κ3) is 7.52. The Balaban J connectivity index is 1.20. The molecule has 0 saturated carbocycles. The first kappa shape index (κ1) is 32.7. The Bertz CT molecular complexity index is 1120. The van der Waals surface area contributed by atoms with Gasteiger partial charge in [0, 0.05) is 24.7 Å². The minimum atomic E-state index is -0.604. The van der Waals surface area contributed by atoms with Crippen LogP contribution in [0.1, 0.15) is 91.9 Å². The van der Waals surface area contributed by atoms with Crippen molar-refractivity contribution >= 4 is 11.9 Å². The van der Waals surface area contributed by atoms with Gasteiger partial charge in [-0.1, -0.05) is 64.2 Å². The summed E-state index contributed by atoms with van der Waals surface area (Å²) in [5, 5.41) is 20.4. The average molecular weight is 623 g/mol. The molecule has 6 aliphatic rings. The second kappa shape index (κ2) is 13.9. The molecule has 2 saturated heterocycles. The quantitative estimate of drug-likeness (QED) is 0.309. The molecule has 14 atom stereocenters. The van der Waals surface area contributed by atoms with Gasteiger partial charge >= 0.3 is 11.9 Å². The van der Waals surface area contributed by atoms with Crippen molar-refractivity contribution in [1.29, 1.82) is 0 Å². The molecule has 0 bridgehead atoms. The summed E-state index contributed by atoms with van der Waals surface area (Å²) < 4.78 is 18.7. The van der Waals surface area contributed by atoms with Gasteiger partial charge in [-0.3, -0.25) is 9.59 Å². The monoisotopic (exact) mass is 622 g/mol. The van der Waals surface area contributed by atoms with E-state index in [0.717, 1.165) is 38.5 Å². The molecule has 4 aliphatic carbocycles. The number of allylic oxidation sites excluding steroid dienone is 6. The Morgan fingerprint density at radius 1 is 0.667 bits per heavy atom. The number of cyclic esters (lactones) is 2. The molecule has 14 unspecified atom stereocenters. The first-order chi connectivity index (χ1) is 21.5. The maximum atomic E-state index is 12.0. The fourth-order valence-electron chi connectivity index (χ4n) is 9.54. The van der Waals surface area contributed by atoms with Gasteiger partial charge in [-0.2, -0.15) is 0 Å². The van der Waals surface area contributed by atoms with Gasteiger partial charge in [0.1, 0.15) is 12.2 Å². The summed E-state index contributed by atoms with van der Waals surface area (Å²) in [6, 6.07) is 0. The molecule has 2 N–H and O–H groups in total. The Labute approximate surface area is 269 Å². The van der Waals surface area contributed by atoms with Gasteiger partial charge in [0.05, 0.1) is 37.3 Å². The molecule has 2 aliphatic heterocycles. The molecule has 7 nitrogen and oxygen atoms in total. The number of aliphatic hydroxyl groups is 2. The summed E-state index contributed by atoms with van der Waals surface area (Å²) in [5.74, 6) is 2.37. The molecule has 6 rings (SSSR count). The Morgan fingerprint density at radius 3 is 1.49 bits per heavy atom. The van der Waals surface area contributed by atoms with E-state index >= 15 is 0 Å². The van der Waals surface area contributed by atoms with Crippen molar-refractivity contribution in [3.8, 4) is 0 Å². The van der Waals surface area contributed by atoms with E-state index < -0.39 is 12.2 Å². The van der Waals surface area contributed by atoms with Crippen LogP contribution in [0.2, 0.25) is 0 Å². The minimum absolute atomic E-state index is 0.0996. The number of hydrogen-bond donors (Lipinski definition) is 2. The van der Waals surface area contributed by atoms with Gasteiger partial charge in [0.25, 0.3) is 0 Å². The van der Waals surface area contributed by atoms with Crippen LogP contribution in [0.25, 0.3) is 0 Å². The topological polar surface area (TPSA) is 102 Å². The summed E-state index contributed by atoms with van der Waals surface area (Å²) in [6.07, 6.45) is 19.4. The second-order valence-corrected chi connectivity index (χ2v) is 15.4. The Morgan fingerprint density at radius 2 is 1.09 bits per heavy atom. The van der Waals surface area contributed by atoms with Crippen LogP contribution in [-0.2, 0) is 23.8 Å². The van der Waals surface area contributed by atoms with E-state index in [-0.39, 0.29) is 61.0 Å². The van der Waals surface area contributed by atoms with Gasteiger partial charge in [0.15, 0.2) is 0 Å². The van der Waals surface area contributed by atoms with Gasteiger partial charge in [-0.05, 0) is 85.2 Å². The second-order valence-electron chi connectivity index (χ2n) is 15.4. The number of esters is 2. The highest BCUT2D eigenvalue weighted by atomic mass is 16.6. The molecule has 45 heavy (non-hydrogen) atoms. The van der Waals surface area contributed by atoms with Crippen molar-refractivity contribution < 1.29 is 34.0 Å². The van der Waals surface area contributed by atoms with Gasteiger partial charge in [-0.15, -0.1) is 0 Å². The zero-order valence-electron chi connectivity index (χ0n) is 27.6. The first-order valence-electron chi connectivity index (χ1n) is 17.7. The van der Waals surface area contributed by atoms with Gasteiger partial charge < -0.3 is 24.4 Å². The zero-order valence-corrected chi connectivity index (χ0v) is 27.6. The number of aliphatic hydroxyl groups excluding tert-OH is 2. The Kier molecular flexibility index (Phi) is 10.1. The van der Waals surface area contributed by atoms with Crippen LogP contribution in [0.5, 0.6) is 0 Å². The fraction of sp³-hybridized carbons (Fsp3) is 0.737. The Hall–Kier alpha value is -2.22. The third-order valence-electron chi connectivity index (χ3n) is 11.7. The van der Waals surface area contributed by atoms with Crippen LogP contribution in [0.4, 0.5) is 0 Å². The highest BCUT2D eigenvalue weighted by molar-refractivity contribution is 5.71. The van der Waals surface area contributed by atoms with E-state index in [4.69, 9.17) is 14.2 Å². The predicted octanol–water partition coefficient (Wildman–Crippen LogP) is 6.24. The van der Waals surface area contributed by atoms with Crippen molar-refractivity contribution in [2.24, 2.45) is 47.3 Å². The number of carbonyl (C=O) groups excluding carboxylic acids is 2. The maximum absolute atomic E-state index is 12.0. The van der Waals surface area contributed by atoms with Crippen LogP contribution in [0.3, 0.4) is 0 Å². The van der Waals surface area contributed by atoms with E-state index in [2.05, 4.69) is 64.2 Å². The summed E-state index contributed by atoms with van der Waals surface area (Å²) in [6.45, 7) is 9.20. The fourth-order valence-corrected chi connectivity index (χ4v) is 9.54. The van der Waals surface area contributed by atoms with E-state index in [1.807, 2.05) is 0 Å². The van der Waals surface area contributed by atoms with Crippen molar-refractivity contribution in [3.63, 3.8) is 0 Å². The lowest BCUT2D eigenvalue weighted by Crippen LogP contribution is -2.46. The van der Waals surface area contributed by atoms with Crippen LogP contribution in [0.15, 0.2) is 47.6 Å². The van der Waals surface area contributed by atoms with E-state index in [1.54, 1.807) is 0 Å². The molecule has 0 aromatic carbocycles. The van der Waals surface area contributed by atoms with Crippen LogP contribution in [-0.4, -0.2) is 58.8 Å². The molecule has 0 radical (unpaired) electrons. The number of rotatable bonds is 8. The van der Waals surface area contributed by atoms with Crippen LogP contribution < -0.4 is 0 Å². The van der Waals surface area contributed by atoms with Crippen LogP contribution in [0, 0.1) is 47.3 Å². The third-order valence-corrected chi connectivity index (χ3v) is 11.7. The van der Waals surface area contributed by atoms with Crippen molar-refractivity contribution in [2.75, 3.05) is 0 Å². The lowest BCUT2D eigenvalue weighted by atomic mass is 9.64. The van der Waals surface area contributed by atoms with Gasteiger partial charge in [-0.25, -0.2) is 0 Å². The van der Waals surface area contributed by atoms with E-state index in [9.17, 15) is 19.8 Å². The molecule has 0 spiro atoms. The number of hydrogen-bond acceptors (Lipinski definition) is 7. The summed E-state index contributed by atoms with van der Waals surface area (Å²) in [5.41, 5.74) is 2.77. The minimum Gasteiger partial charge on any atom is -0.462 e. The molecule has 0 aromatic rings. The summed E-state index contributed by atoms with van der Waals surface area (Å²) in [4.78, 5) is 24.1. The SMILES string of the molecule is CC1C=C2C=CC(C)C(CCC3CC(O)CC(=O)O3)C2C(OC2CC(C)C=C3C=CC(C)C(CCC4CC(O)CC(=O)O4)C32)C1. The normalized spacial score (nSPS) is 44.7. The molecule has 2 heterocycles. The summed E-state index contributed by atoms with van der Waals surface area (Å²) in [7, 11) is 0. The predicted molar refractivity (Wildman–Crippen MR) is 172 cm³/mol. The molecule has 7 heteroatoms. The number of fused-ring (bicyclic) bond motifs is 2. The molecular formula is C38H54O7. The molecule has 2 fully saturated rings. The zero-order chi connectivity index (χ0) is 31.8. The lowest BCUT2D eigenvalue weighted by Gasteiger charge is -2.48. The van der Waals surface area contributed by atoms with Crippen molar-refractivity contribution in [3.05, 3.63) is 47.6 Å². The molecule has 0 amide bonds. The highest BCUT2D eigenvalue weighted by Crippen LogP contribution is 2.49. The molecule has 248 valence electrons. The van der Waals surface area contributed by atoms with Crippen LogP contribution >= 0.6 is 0 Å².